The summed E-state index contributed by atoms with van der Waals surface area (Å²) in [4.78, 5) is 40.8. The molecule has 1 aliphatic carbocycles. The summed E-state index contributed by atoms with van der Waals surface area (Å²) in [5.41, 5.74) is 10.9. The van der Waals surface area contributed by atoms with Crippen molar-refractivity contribution >= 4 is 50.3 Å². The number of pyridine rings is 1. The van der Waals surface area contributed by atoms with Gasteiger partial charge in [0.15, 0.2) is 34.9 Å². The molecule has 0 saturated carbocycles. The molecule has 1 aliphatic heterocycles. The number of hydrogen-bond donors (Lipinski definition) is 0. The molecule has 0 amide bonds. The molecule has 0 atom stereocenters. The number of aryl methyl sites for hydroxylation is 1. The topological polar surface area (TPSA) is 112 Å². The van der Waals surface area contributed by atoms with Gasteiger partial charge in [-0.2, -0.15) is 0 Å². The lowest BCUT2D eigenvalue weighted by molar-refractivity contribution is 0.946. The first-order chi connectivity index (χ1) is 33.7. The number of fused-ring (bicyclic) bond motifs is 7. The predicted molar refractivity (Wildman–Crippen MR) is 272 cm³/mol. The molecule has 6 heterocycles. The molecule has 0 spiro atoms. The molecule has 0 fully saturated rings. The Morgan fingerprint density at radius 1 is 0.382 bits per heavy atom. The Bertz CT molecular complexity index is 3720. The van der Waals surface area contributed by atoms with Crippen LogP contribution in [0.15, 0.2) is 193 Å². The number of allylic oxidation sites excluding steroid dienone is 2. The summed E-state index contributed by atoms with van der Waals surface area (Å²) < 4.78 is 4.62. The first-order valence-corrected chi connectivity index (χ1v) is 23.0. The van der Waals surface area contributed by atoms with Crippen LogP contribution in [-0.2, 0) is 6.42 Å². The van der Waals surface area contributed by atoms with Crippen LogP contribution in [0.25, 0.3) is 107 Å². The van der Waals surface area contributed by atoms with E-state index in [0.29, 0.717) is 47.1 Å². The van der Waals surface area contributed by atoms with Crippen molar-refractivity contribution in [1.29, 1.82) is 0 Å². The Morgan fingerprint density at radius 2 is 0.912 bits per heavy atom. The minimum absolute atomic E-state index is 0.506. The van der Waals surface area contributed by atoms with Crippen molar-refractivity contribution in [3.8, 4) is 62.9 Å². The van der Waals surface area contributed by atoms with Crippen molar-refractivity contribution in [3.05, 3.63) is 205 Å². The van der Waals surface area contributed by atoms with E-state index in [1.807, 2.05) is 133 Å². The highest BCUT2D eigenvalue weighted by Gasteiger charge is 2.27. The molecule has 10 nitrogen and oxygen atoms in total. The van der Waals surface area contributed by atoms with Gasteiger partial charge in [0, 0.05) is 38.4 Å². The number of benzene rings is 6. The van der Waals surface area contributed by atoms with Gasteiger partial charge in [0.05, 0.1) is 28.0 Å². The van der Waals surface area contributed by atoms with Gasteiger partial charge in [0.1, 0.15) is 17.3 Å². The molecule has 0 bridgehead atoms. The first-order valence-electron chi connectivity index (χ1n) is 23.0. The first kappa shape index (κ1) is 39.4. The van der Waals surface area contributed by atoms with Crippen molar-refractivity contribution in [1.82, 2.24) is 44.0 Å². The predicted octanol–water partition coefficient (Wildman–Crippen LogP) is 12.9. The smallest absolute Gasteiger partial charge is 0.182 e. The SMILES string of the molecule is C1=Cc2c(c3c4c5ccccc5n(-c5cccc(-c6nc(-c7ccccc7)nc(-c7ccccc7)n6)n5)c4ccc3n2C2=CCCC(c3nc(-c4ccccc4)nc(-c4ccccc4)n3)=N2)CC1. The van der Waals surface area contributed by atoms with E-state index in [9.17, 15) is 0 Å². The van der Waals surface area contributed by atoms with Crippen LogP contribution in [0, 0.1) is 0 Å². The molecule has 0 N–H and O–H groups in total. The van der Waals surface area contributed by atoms with Gasteiger partial charge in [0.2, 0.25) is 0 Å². The number of aliphatic imine (C=N–C) groups is 1. The monoisotopic (exact) mass is 876 g/mol. The van der Waals surface area contributed by atoms with Crippen LogP contribution >= 0.6 is 0 Å². The molecule has 10 heteroatoms. The fourth-order valence-corrected chi connectivity index (χ4v) is 9.69. The highest BCUT2D eigenvalue weighted by atomic mass is 15.1. The molecule has 11 aromatic rings. The van der Waals surface area contributed by atoms with Gasteiger partial charge in [0.25, 0.3) is 0 Å². The normalized spacial score (nSPS) is 13.5. The lowest BCUT2D eigenvalue weighted by atomic mass is 9.98. The van der Waals surface area contributed by atoms with E-state index in [4.69, 9.17) is 39.9 Å². The molecular weight excluding hydrogens is 837 g/mol. The molecule has 13 rings (SSSR count). The van der Waals surface area contributed by atoms with Crippen LogP contribution < -0.4 is 0 Å². The molecule has 6 aromatic carbocycles. The van der Waals surface area contributed by atoms with Gasteiger partial charge < -0.3 is 0 Å². The van der Waals surface area contributed by atoms with Crippen LogP contribution in [0.2, 0.25) is 0 Å². The standard InChI is InChI=1S/C58H40N10/c1-5-19-37(20-6-1)53-61-54(38-21-7-2-8-22-38)64-57(63-53)43-29-17-33-49(59-43)67-45-31-15-13-27-41(45)51-47(67)35-36-48-52(51)42-28-14-16-32-46(42)68(48)50-34-18-30-44(60-50)58-65-55(39-23-9-3-10-24-39)62-56(66-58)40-25-11-4-12-26-40/h1-13,15-17,19-27,29,31-36H,14,18,28,30H2. The molecular formula is C58H40N10. The van der Waals surface area contributed by atoms with Crippen molar-refractivity contribution in [2.45, 2.75) is 25.7 Å². The number of para-hydroxylation sites is 1. The number of aromatic nitrogens is 9. The molecule has 5 aromatic heterocycles. The van der Waals surface area contributed by atoms with Gasteiger partial charge in [-0.3, -0.25) is 9.13 Å². The third-order valence-electron chi connectivity index (χ3n) is 12.8. The third kappa shape index (κ3) is 6.81. The van der Waals surface area contributed by atoms with Crippen LogP contribution in [0.5, 0.6) is 0 Å². The summed E-state index contributed by atoms with van der Waals surface area (Å²) in [5, 5.41) is 3.57. The molecule has 322 valence electrons. The zero-order chi connectivity index (χ0) is 45.0. The van der Waals surface area contributed by atoms with Crippen molar-refractivity contribution < 1.29 is 0 Å². The largest absolute Gasteiger partial charge is 0.294 e. The van der Waals surface area contributed by atoms with Crippen LogP contribution in [0.4, 0.5) is 0 Å². The Morgan fingerprint density at radius 3 is 1.51 bits per heavy atom. The number of nitrogens with zero attached hydrogens (tertiary/aromatic N) is 10. The second-order valence-electron chi connectivity index (χ2n) is 17.0. The second-order valence-corrected chi connectivity index (χ2v) is 17.0. The third-order valence-corrected chi connectivity index (χ3v) is 12.8. The fourth-order valence-electron chi connectivity index (χ4n) is 9.69. The van der Waals surface area contributed by atoms with Gasteiger partial charge in [-0.1, -0.05) is 152 Å². The molecule has 0 saturated heterocycles. The van der Waals surface area contributed by atoms with E-state index in [1.165, 1.54) is 16.3 Å². The quantitative estimate of drug-likeness (QED) is 0.149. The molecule has 0 unspecified atom stereocenters. The minimum atomic E-state index is 0.506. The van der Waals surface area contributed by atoms with E-state index < -0.39 is 0 Å². The maximum atomic E-state index is 5.43. The summed E-state index contributed by atoms with van der Waals surface area (Å²) >= 11 is 0. The Balaban J connectivity index is 0.964. The maximum absolute atomic E-state index is 5.43. The summed E-state index contributed by atoms with van der Waals surface area (Å²) in [6.07, 6.45) is 10.2. The van der Waals surface area contributed by atoms with Crippen molar-refractivity contribution in [3.63, 3.8) is 0 Å². The van der Waals surface area contributed by atoms with E-state index in [-0.39, 0.29) is 0 Å². The van der Waals surface area contributed by atoms with Gasteiger partial charge in [-0.25, -0.2) is 39.9 Å². The number of hydrogen-bond acceptors (Lipinski definition) is 8. The van der Waals surface area contributed by atoms with E-state index >= 15 is 0 Å². The maximum Gasteiger partial charge on any atom is 0.182 e. The second kappa shape index (κ2) is 16.4. The van der Waals surface area contributed by atoms with E-state index in [0.717, 1.165) is 86.5 Å². The summed E-state index contributed by atoms with van der Waals surface area (Å²) in [6.45, 7) is 0. The zero-order valence-electron chi connectivity index (χ0n) is 36.8. The van der Waals surface area contributed by atoms with Crippen molar-refractivity contribution in [2.75, 3.05) is 0 Å². The van der Waals surface area contributed by atoms with Gasteiger partial charge in [-0.15, -0.1) is 0 Å². The van der Waals surface area contributed by atoms with E-state index in [1.54, 1.807) is 0 Å². The Labute approximate surface area is 391 Å². The summed E-state index contributed by atoms with van der Waals surface area (Å²) in [6, 6.07) is 59.5. The summed E-state index contributed by atoms with van der Waals surface area (Å²) in [7, 11) is 0. The molecule has 0 radical (unpaired) electrons. The van der Waals surface area contributed by atoms with Gasteiger partial charge >= 0.3 is 0 Å². The Kier molecular flexibility index (Phi) is 9.52. The Hall–Kier alpha value is -9.02. The van der Waals surface area contributed by atoms with Crippen molar-refractivity contribution in [2.24, 2.45) is 4.99 Å². The molecule has 2 aliphatic rings. The van der Waals surface area contributed by atoms with Crippen LogP contribution in [-0.4, -0.2) is 49.7 Å². The lowest BCUT2D eigenvalue weighted by Gasteiger charge is -2.17. The lowest BCUT2D eigenvalue weighted by Crippen LogP contribution is -2.14. The van der Waals surface area contributed by atoms with E-state index in [2.05, 4.69) is 69.8 Å². The number of rotatable bonds is 8. The molecule has 68 heavy (non-hydrogen) atoms. The summed E-state index contributed by atoms with van der Waals surface area (Å²) in [5.74, 6) is 5.18. The zero-order valence-corrected chi connectivity index (χ0v) is 36.8. The average molecular weight is 877 g/mol. The van der Waals surface area contributed by atoms with Crippen LogP contribution in [0.1, 0.15) is 36.3 Å². The minimum Gasteiger partial charge on any atom is -0.294 e. The highest BCUT2D eigenvalue weighted by Crippen LogP contribution is 2.43. The fraction of sp³-hybridized carbons (Fsp3) is 0.0690. The average Bonchev–Trinajstić information content (AvgIpc) is 3.95. The van der Waals surface area contributed by atoms with Gasteiger partial charge in [-0.05, 0) is 73.7 Å². The highest BCUT2D eigenvalue weighted by molar-refractivity contribution is 6.23. The van der Waals surface area contributed by atoms with Crippen LogP contribution in [0.3, 0.4) is 0 Å².